The van der Waals surface area contributed by atoms with Crippen LogP contribution in [0.5, 0.6) is 0 Å². The van der Waals surface area contributed by atoms with Crippen LogP contribution in [0.25, 0.3) is 20.4 Å². The quantitative estimate of drug-likeness (QED) is 0.564. The molecule has 0 radical (unpaired) electrons. The molecular formula is C14H11N5OS3. The Balaban J connectivity index is 1.72. The molecule has 0 atom stereocenters. The van der Waals surface area contributed by atoms with Crippen LogP contribution in [0.2, 0.25) is 0 Å². The van der Waals surface area contributed by atoms with Gasteiger partial charge in [0.1, 0.15) is 0 Å². The number of anilines is 1. The van der Waals surface area contributed by atoms with Gasteiger partial charge >= 0.3 is 0 Å². The van der Waals surface area contributed by atoms with Crippen LogP contribution in [0, 0.1) is 0 Å². The van der Waals surface area contributed by atoms with Crippen molar-refractivity contribution < 1.29 is 4.79 Å². The van der Waals surface area contributed by atoms with E-state index in [1.807, 2.05) is 18.4 Å². The lowest BCUT2D eigenvalue weighted by molar-refractivity contribution is 0.102. The van der Waals surface area contributed by atoms with Gasteiger partial charge in [-0.25, -0.2) is 9.97 Å². The highest BCUT2D eigenvalue weighted by molar-refractivity contribution is 8.00. The number of nitrogens with zero attached hydrogens (tertiary/aromatic N) is 4. The number of thioether (sulfide) groups is 1. The molecule has 0 saturated heterocycles. The maximum Gasteiger partial charge on any atom is 0.277 e. The van der Waals surface area contributed by atoms with Crippen molar-refractivity contribution in [3.05, 3.63) is 30.1 Å². The van der Waals surface area contributed by atoms with Crippen LogP contribution in [-0.2, 0) is 7.05 Å². The van der Waals surface area contributed by atoms with Crippen LogP contribution < -0.4 is 5.32 Å². The lowest BCUT2D eigenvalue weighted by Crippen LogP contribution is -2.12. The van der Waals surface area contributed by atoms with E-state index in [-0.39, 0.29) is 5.91 Å². The Morgan fingerprint density at radius 3 is 2.61 bits per heavy atom. The molecule has 0 bridgehead atoms. The molecular weight excluding hydrogens is 350 g/mol. The van der Waals surface area contributed by atoms with E-state index in [4.69, 9.17) is 0 Å². The van der Waals surface area contributed by atoms with E-state index in [0.29, 0.717) is 10.8 Å². The lowest BCUT2D eigenvalue weighted by atomic mass is 10.3. The summed E-state index contributed by atoms with van der Waals surface area (Å²) in [5, 5.41) is 7.49. The molecule has 1 amide bonds. The average molecular weight is 361 g/mol. The molecule has 23 heavy (non-hydrogen) atoms. The highest BCUT2D eigenvalue weighted by Gasteiger charge is 2.15. The Kier molecular flexibility index (Phi) is 3.55. The summed E-state index contributed by atoms with van der Waals surface area (Å²) in [5.41, 5.74) is 2.22. The summed E-state index contributed by atoms with van der Waals surface area (Å²) in [7, 11) is 1.78. The first kappa shape index (κ1) is 14.6. The van der Waals surface area contributed by atoms with E-state index in [1.54, 1.807) is 47.1 Å². The zero-order valence-electron chi connectivity index (χ0n) is 12.2. The number of rotatable bonds is 3. The first-order chi connectivity index (χ1) is 11.1. The molecule has 0 aliphatic carbocycles. The molecule has 4 rings (SSSR count). The topological polar surface area (TPSA) is 72.7 Å². The van der Waals surface area contributed by atoms with Crippen molar-refractivity contribution in [3.63, 3.8) is 0 Å². The van der Waals surface area contributed by atoms with Gasteiger partial charge in [0, 0.05) is 13.2 Å². The van der Waals surface area contributed by atoms with Gasteiger partial charge in [-0.05, 0) is 24.5 Å². The third-order valence-corrected chi connectivity index (χ3v) is 6.44. The number of nitrogens with one attached hydrogen (secondary N) is 1. The van der Waals surface area contributed by atoms with Gasteiger partial charge in [-0.3, -0.25) is 14.8 Å². The fraction of sp³-hybridized carbons (Fsp3) is 0.143. The van der Waals surface area contributed by atoms with Crippen molar-refractivity contribution in [3.8, 4) is 0 Å². The molecule has 9 heteroatoms. The minimum atomic E-state index is -0.255. The maximum absolute atomic E-state index is 12.2. The Morgan fingerprint density at radius 1 is 1.17 bits per heavy atom. The first-order valence-corrected chi connectivity index (χ1v) is 9.55. The first-order valence-electron chi connectivity index (χ1n) is 6.69. The number of carbonyl (C=O) groups is 1. The lowest BCUT2D eigenvalue weighted by Gasteiger charge is -1.96. The van der Waals surface area contributed by atoms with Gasteiger partial charge in [0.2, 0.25) is 0 Å². The van der Waals surface area contributed by atoms with Gasteiger partial charge in [0.05, 0.1) is 20.4 Å². The number of thiazole rings is 2. The number of aromatic nitrogens is 4. The fourth-order valence-electron chi connectivity index (χ4n) is 2.19. The maximum atomic E-state index is 12.2. The number of hydrogen-bond donors (Lipinski definition) is 1. The Bertz CT molecular complexity index is 1030. The van der Waals surface area contributed by atoms with Crippen LogP contribution in [0.1, 0.15) is 10.5 Å². The van der Waals surface area contributed by atoms with Gasteiger partial charge in [0.15, 0.2) is 15.2 Å². The monoisotopic (exact) mass is 361 g/mol. The zero-order valence-corrected chi connectivity index (χ0v) is 14.7. The van der Waals surface area contributed by atoms with Gasteiger partial charge in [0.25, 0.3) is 5.91 Å². The molecule has 3 heterocycles. The van der Waals surface area contributed by atoms with Crippen molar-refractivity contribution >= 4 is 65.9 Å². The predicted molar refractivity (Wildman–Crippen MR) is 95.7 cm³/mol. The number of fused-ring (bicyclic) bond motifs is 3. The van der Waals surface area contributed by atoms with Crippen molar-refractivity contribution in [1.29, 1.82) is 0 Å². The molecule has 1 N–H and O–H groups in total. The molecule has 6 nitrogen and oxygen atoms in total. The summed E-state index contributed by atoms with van der Waals surface area (Å²) in [5.74, 6) is -0.255. The number of amides is 1. The summed E-state index contributed by atoms with van der Waals surface area (Å²) < 4.78 is 4.79. The van der Waals surface area contributed by atoms with Crippen LogP contribution in [0.3, 0.4) is 0 Å². The summed E-state index contributed by atoms with van der Waals surface area (Å²) in [6.45, 7) is 0. The van der Waals surface area contributed by atoms with Gasteiger partial charge in [-0.15, -0.1) is 11.3 Å². The molecule has 4 aromatic rings. The van der Waals surface area contributed by atoms with E-state index in [9.17, 15) is 4.79 Å². The van der Waals surface area contributed by atoms with Crippen LogP contribution in [0.4, 0.5) is 5.13 Å². The molecule has 1 aromatic carbocycles. The summed E-state index contributed by atoms with van der Waals surface area (Å²) >= 11 is 4.75. The average Bonchev–Trinajstić information content (AvgIpc) is 3.22. The zero-order chi connectivity index (χ0) is 16.0. The third kappa shape index (κ3) is 2.60. The molecule has 0 fully saturated rings. The minimum Gasteiger partial charge on any atom is -0.296 e. The smallest absolute Gasteiger partial charge is 0.277 e. The van der Waals surface area contributed by atoms with Crippen molar-refractivity contribution in [2.75, 3.05) is 11.6 Å². The fourth-order valence-corrected chi connectivity index (χ4v) is 4.84. The molecule has 0 saturated carbocycles. The highest BCUT2D eigenvalue weighted by Crippen LogP contribution is 2.38. The summed E-state index contributed by atoms with van der Waals surface area (Å²) in [6.07, 6.45) is 3.75. The largest absolute Gasteiger partial charge is 0.296 e. The third-order valence-electron chi connectivity index (χ3n) is 3.23. The van der Waals surface area contributed by atoms with Crippen LogP contribution >= 0.6 is 34.4 Å². The molecule has 0 spiro atoms. The van der Waals surface area contributed by atoms with E-state index < -0.39 is 0 Å². The van der Waals surface area contributed by atoms with Gasteiger partial charge < -0.3 is 0 Å². The molecule has 0 aliphatic heterocycles. The van der Waals surface area contributed by atoms with E-state index in [0.717, 1.165) is 24.8 Å². The normalized spacial score (nSPS) is 11.4. The standard InChI is InChI=1S/C14H11N5OS3/c1-19-6-5-9(18-19)12(20)17-13-15-7-3-4-8-11(10(7)22-13)23-14(16-8)21-2/h3-6H,1-2H3,(H,15,17,20). The van der Waals surface area contributed by atoms with Crippen molar-refractivity contribution in [1.82, 2.24) is 19.7 Å². The van der Waals surface area contributed by atoms with Gasteiger partial charge in [-0.2, -0.15) is 5.10 Å². The van der Waals surface area contributed by atoms with E-state index >= 15 is 0 Å². The summed E-state index contributed by atoms with van der Waals surface area (Å²) in [4.78, 5) is 21.2. The Labute approximate surface area is 143 Å². The van der Waals surface area contributed by atoms with Crippen molar-refractivity contribution in [2.45, 2.75) is 4.34 Å². The summed E-state index contributed by atoms with van der Waals surface area (Å²) in [6, 6.07) is 5.58. The number of benzene rings is 1. The van der Waals surface area contributed by atoms with Crippen LogP contribution in [-0.4, -0.2) is 31.9 Å². The predicted octanol–water partition coefficient (Wildman–Crippen LogP) is 3.61. The second kappa shape index (κ2) is 5.59. The highest BCUT2D eigenvalue weighted by atomic mass is 32.2. The molecule has 0 aliphatic rings. The van der Waals surface area contributed by atoms with E-state index in [1.165, 1.54) is 11.3 Å². The Hall–Kier alpha value is -1.97. The Morgan fingerprint density at radius 2 is 1.91 bits per heavy atom. The van der Waals surface area contributed by atoms with E-state index in [2.05, 4.69) is 20.4 Å². The van der Waals surface area contributed by atoms with Crippen molar-refractivity contribution in [2.24, 2.45) is 7.05 Å². The molecule has 0 unspecified atom stereocenters. The second-order valence-electron chi connectivity index (χ2n) is 4.79. The number of hydrogen-bond acceptors (Lipinski definition) is 7. The number of aryl methyl sites for hydroxylation is 1. The SMILES string of the molecule is CSc1nc2ccc3nc(NC(=O)c4ccn(C)n4)sc3c2s1. The van der Waals surface area contributed by atoms with Crippen LogP contribution in [0.15, 0.2) is 28.7 Å². The van der Waals surface area contributed by atoms with Gasteiger partial charge in [-0.1, -0.05) is 23.1 Å². The second-order valence-corrected chi connectivity index (χ2v) is 7.85. The minimum absolute atomic E-state index is 0.255. The molecule has 116 valence electrons. The molecule has 3 aromatic heterocycles. The number of carbonyl (C=O) groups excluding carboxylic acids is 1.